The fourth-order valence-electron chi connectivity index (χ4n) is 3.22. The minimum absolute atomic E-state index is 0.522. The van der Waals surface area contributed by atoms with Crippen molar-refractivity contribution in [1.29, 1.82) is 0 Å². The first kappa shape index (κ1) is 11.4. The Morgan fingerprint density at radius 3 is 1.93 bits per heavy atom. The summed E-state index contributed by atoms with van der Waals surface area (Å²) in [6.45, 7) is 2.31. The first-order valence-electron chi connectivity index (χ1n) is 7.02. The van der Waals surface area contributed by atoms with Gasteiger partial charge in [-0.3, -0.25) is 0 Å². The van der Waals surface area contributed by atoms with E-state index < -0.39 is 0 Å². The Hall–Kier alpha value is -0.0400. The highest BCUT2D eigenvalue weighted by atomic mass is 16.5. The topological polar surface area (TPSA) is 9.23 Å². The van der Waals surface area contributed by atoms with Crippen LogP contribution >= 0.6 is 0 Å². The van der Waals surface area contributed by atoms with Gasteiger partial charge in [0.05, 0.1) is 12.2 Å². The maximum absolute atomic E-state index is 6.23. The smallest absolute Gasteiger partial charge is 0.0578 e. The van der Waals surface area contributed by atoms with Crippen molar-refractivity contribution < 1.29 is 4.74 Å². The second-order valence-electron chi connectivity index (χ2n) is 5.50. The molecule has 2 saturated carbocycles. The fraction of sp³-hybridized carbons (Fsp3) is 1.00. The van der Waals surface area contributed by atoms with Gasteiger partial charge >= 0.3 is 0 Å². The monoisotopic (exact) mass is 210 g/mol. The highest BCUT2D eigenvalue weighted by Crippen LogP contribution is 2.30. The maximum atomic E-state index is 6.23. The minimum Gasteiger partial charge on any atom is -0.375 e. The molecule has 2 aliphatic carbocycles. The second kappa shape index (κ2) is 5.89. The lowest BCUT2D eigenvalue weighted by atomic mass is 9.85. The molecule has 15 heavy (non-hydrogen) atoms. The van der Waals surface area contributed by atoms with Crippen LogP contribution < -0.4 is 0 Å². The van der Waals surface area contributed by atoms with Crippen molar-refractivity contribution in [1.82, 2.24) is 0 Å². The minimum atomic E-state index is 0.522. The molecule has 1 heteroatoms. The Morgan fingerprint density at radius 2 is 1.33 bits per heavy atom. The van der Waals surface area contributed by atoms with E-state index >= 15 is 0 Å². The van der Waals surface area contributed by atoms with Gasteiger partial charge in [-0.05, 0) is 38.5 Å². The fourth-order valence-corrected chi connectivity index (χ4v) is 3.22. The van der Waals surface area contributed by atoms with Crippen LogP contribution in [0.4, 0.5) is 0 Å². The summed E-state index contributed by atoms with van der Waals surface area (Å²) in [5.41, 5.74) is 0. The molecule has 0 heterocycles. The zero-order valence-corrected chi connectivity index (χ0v) is 10.2. The average molecular weight is 210 g/mol. The van der Waals surface area contributed by atoms with Gasteiger partial charge in [0.1, 0.15) is 0 Å². The molecule has 0 saturated heterocycles. The van der Waals surface area contributed by atoms with E-state index in [2.05, 4.69) is 6.92 Å². The van der Waals surface area contributed by atoms with Crippen molar-refractivity contribution in [2.45, 2.75) is 83.3 Å². The molecule has 0 spiro atoms. The molecule has 2 fully saturated rings. The predicted octanol–water partition coefficient (Wildman–Crippen LogP) is 4.30. The lowest BCUT2D eigenvalue weighted by Crippen LogP contribution is -2.29. The van der Waals surface area contributed by atoms with E-state index in [9.17, 15) is 0 Å². The van der Waals surface area contributed by atoms with E-state index in [0.29, 0.717) is 12.2 Å². The summed E-state index contributed by atoms with van der Waals surface area (Å²) in [7, 11) is 0. The number of rotatable bonds is 3. The number of hydrogen-bond donors (Lipinski definition) is 0. The van der Waals surface area contributed by atoms with Crippen LogP contribution in [0, 0.1) is 5.92 Å². The molecule has 0 aromatic rings. The average Bonchev–Trinajstić information content (AvgIpc) is 2.31. The molecule has 0 aromatic carbocycles. The van der Waals surface area contributed by atoms with Gasteiger partial charge in [-0.2, -0.15) is 0 Å². The SMILES string of the molecule is CC(OC1CCCCC1)C1CCCCC1. The second-order valence-corrected chi connectivity index (χ2v) is 5.50. The largest absolute Gasteiger partial charge is 0.375 e. The predicted molar refractivity (Wildman–Crippen MR) is 64.0 cm³/mol. The van der Waals surface area contributed by atoms with Crippen LogP contribution in [-0.2, 0) is 4.74 Å². The Labute approximate surface area is 94.6 Å². The van der Waals surface area contributed by atoms with E-state index in [-0.39, 0.29) is 0 Å². The van der Waals surface area contributed by atoms with Crippen molar-refractivity contribution in [2.24, 2.45) is 5.92 Å². The lowest BCUT2D eigenvalue weighted by Gasteiger charge is -2.32. The standard InChI is InChI=1S/C14H26O/c1-12(13-8-4-2-5-9-13)15-14-10-6-3-7-11-14/h12-14H,2-11H2,1H3. The normalized spacial score (nSPS) is 27.8. The molecule has 0 aliphatic heterocycles. The van der Waals surface area contributed by atoms with Crippen molar-refractivity contribution in [3.8, 4) is 0 Å². The first-order chi connectivity index (χ1) is 7.36. The van der Waals surface area contributed by atoms with Gasteiger partial charge in [0.2, 0.25) is 0 Å². The van der Waals surface area contributed by atoms with Gasteiger partial charge in [-0.1, -0.05) is 38.5 Å². The summed E-state index contributed by atoms with van der Waals surface area (Å²) in [6, 6.07) is 0. The van der Waals surface area contributed by atoms with Crippen LogP contribution in [0.15, 0.2) is 0 Å². The molecule has 1 unspecified atom stereocenters. The molecule has 0 bridgehead atoms. The molecular weight excluding hydrogens is 184 g/mol. The Balaban J connectivity index is 1.72. The van der Waals surface area contributed by atoms with Crippen LogP contribution in [0.1, 0.15) is 71.1 Å². The third-order valence-electron chi connectivity index (χ3n) is 4.27. The summed E-state index contributed by atoms with van der Waals surface area (Å²) >= 11 is 0. The third kappa shape index (κ3) is 3.48. The summed E-state index contributed by atoms with van der Waals surface area (Å²) in [5.74, 6) is 0.862. The first-order valence-corrected chi connectivity index (χ1v) is 7.02. The summed E-state index contributed by atoms with van der Waals surface area (Å²) in [6.07, 6.45) is 15.1. The van der Waals surface area contributed by atoms with Crippen LogP contribution in [0.25, 0.3) is 0 Å². The summed E-state index contributed by atoms with van der Waals surface area (Å²) < 4.78 is 6.23. The molecule has 0 amide bonds. The molecule has 88 valence electrons. The summed E-state index contributed by atoms with van der Waals surface area (Å²) in [5, 5.41) is 0. The van der Waals surface area contributed by atoms with Gasteiger partial charge in [-0.15, -0.1) is 0 Å². The molecule has 2 rings (SSSR count). The van der Waals surface area contributed by atoms with Gasteiger partial charge in [0, 0.05) is 0 Å². The van der Waals surface area contributed by atoms with Gasteiger partial charge < -0.3 is 4.74 Å². The molecular formula is C14H26O. The highest BCUT2D eigenvalue weighted by molar-refractivity contribution is 4.74. The zero-order chi connectivity index (χ0) is 10.5. The van der Waals surface area contributed by atoms with E-state index in [1.165, 1.54) is 64.2 Å². The van der Waals surface area contributed by atoms with Crippen LogP contribution in [0.2, 0.25) is 0 Å². The zero-order valence-electron chi connectivity index (χ0n) is 10.2. The van der Waals surface area contributed by atoms with Crippen LogP contribution in [0.3, 0.4) is 0 Å². The Bertz CT molecular complexity index is 166. The number of ether oxygens (including phenoxy) is 1. The molecule has 0 radical (unpaired) electrons. The van der Waals surface area contributed by atoms with E-state index in [1.54, 1.807) is 0 Å². The molecule has 2 aliphatic rings. The Morgan fingerprint density at radius 1 is 0.800 bits per heavy atom. The van der Waals surface area contributed by atoms with Crippen molar-refractivity contribution in [3.63, 3.8) is 0 Å². The number of hydrogen-bond acceptors (Lipinski definition) is 1. The van der Waals surface area contributed by atoms with Gasteiger partial charge in [0.25, 0.3) is 0 Å². The van der Waals surface area contributed by atoms with E-state index in [1.807, 2.05) is 0 Å². The van der Waals surface area contributed by atoms with Gasteiger partial charge in [-0.25, -0.2) is 0 Å². The third-order valence-corrected chi connectivity index (χ3v) is 4.27. The Kier molecular flexibility index (Phi) is 4.49. The van der Waals surface area contributed by atoms with Gasteiger partial charge in [0.15, 0.2) is 0 Å². The molecule has 0 aromatic heterocycles. The van der Waals surface area contributed by atoms with E-state index in [4.69, 9.17) is 4.74 Å². The van der Waals surface area contributed by atoms with E-state index in [0.717, 1.165) is 5.92 Å². The lowest BCUT2D eigenvalue weighted by molar-refractivity contribution is -0.0545. The molecule has 1 atom stereocenters. The van der Waals surface area contributed by atoms with Crippen LogP contribution in [-0.4, -0.2) is 12.2 Å². The van der Waals surface area contributed by atoms with Crippen LogP contribution in [0.5, 0.6) is 0 Å². The van der Waals surface area contributed by atoms with Crippen molar-refractivity contribution in [2.75, 3.05) is 0 Å². The van der Waals surface area contributed by atoms with Crippen molar-refractivity contribution in [3.05, 3.63) is 0 Å². The quantitative estimate of drug-likeness (QED) is 0.674. The summed E-state index contributed by atoms with van der Waals surface area (Å²) in [4.78, 5) is 0. The van der Waals surface area contributed by atoms with Crippen molar-refractivity contribution >= 4 is 0 Å². The highest BCUT2D eigenvalue weighted by Gasteiger charge is 2.24. The molecule has 1 nitrogen and oxygen atoms in total. The molecule has 0 N–H and O–H groups in total. The maximum Gasteiger partial charge on any atom is 0.0578 e.